The van der Waals surface area contributed by atoms with Crippen LogP contribution in [0.2, 0.25) is 0 Å². The van der Waals surface area contributed by atoms with Crippen molar-refractivity contribution in [1.82, 2.24) is 0 Å². The Morgan fingerprint density at radius 1 is 1.05 bits per heavy atom. The first-order valence-corrected chi connectivity index (χ1v) is 8.81. The average molecular weight is 274 g/mol. The van der Waals surface area contributed by atoms with Gasteiger partial charge in [-0.25, -0.2) is 0 Å². The van der Waals surface area contributed by atoms with Gasteiger partial charge in [0, 0.05) is 11.0 Å². The molecule has 0 radical (unpaired) electrons. The van der Waals surface area contributed by atoms with Crippen molar-refractivity contribution in [3.63, 3.8) is 0 Å². The van der Waals surface area contributed by atoms with Crippen LogP contribution in [0.3, 0.4) is 0 Å². The number of fused-ring (bicyclic) bond motifs is 2. The lowest BCUT2D eigenvalue weighted by molar-refractivity contribution is 0.197. The average Bonchev–Trinajstić information content (AvgIpc) is 2.54. The van der Waals surface area contributed by atoms with Gasteiger partial charge in [-0.2, -0.15) is 11.8 Å². The lowest BCUT2D eigenvalue weighted by Gasteiger charge is -2.42. The third-order valence-electron chi connectivity index (χ3n) is 4.96. The van der Waals surface area contributed by atoms with Gasteiger partial charge in [0.05, 0.1) is 0 Å². The second-order valence-corrected chi connectivity index (χ2v) is 8.57. The molecular formula is C18H26S. The van der Waals surface area contributed by atoms with Gasteiger partial charge in [-0.1, -0.05) is 57.9 Å². The van der Waals surface area contributed by atoms with Crippen molar-refractivity contribution < 1.29 is 0 Å². The Bertz CT molecular complexity index is 443. The smallest absolute Gasteiger partial charge is 0.0190 e. The van der Waals surface area contributed by atoms with E-state index in [2.05, 4.69) is 56.8 Å². The first kappa shape index (κ1) is 13.5. The molecule has 0 bridgehead atoms. The second-order valence-electron chi connectivity index (χ2n) is 7.34. The number of benzene rings is 1. The van der Waals surface area contributed by atoms with Crippen molar-refractivity contribution in [2.75, 3.05) is 0 Å². The Balaban J connectivity index is 2.07. The molecule has 0 spiro atoms. The van der Waals surface area contributed by atoms with Crippen molar-refractivity contribution in [3.8, 4) is 0 Å². The summed E-state index contributed by atoms with van der Waals surface area (Å²) in [6, 6.07) is 9.22. The van der Waals surface area contributed by atoms with E-state index in [1.165, 1.54) is 31.4 Å². The fourth-order valence-electron chi connectivity index (χ4n) is 4.22. The van der Waals surface area contributed by atoms with Crippen molar-refractivity contribution >= 4 is 11.8 Å². The molecule has 1 heteroatoms. The minimum Gasteiger partial charge on any atom is -0.153 e. The largest absolute Gasteiger partial charge is 0.153 e. The Kier molecular flexibility index (Phi) is 3.68. The molecule has 3 atom stereocenters. The molecule has 104 valence electrons. The van der Waals surface area contributed by atoms with Crippen LogP contribution < -0.4 is 0 Å². The molecule has 1 aromatic rings. The van der Waals surface area contributed by atoms with Gasteiger partial charge in [0.15, 0.2) is 0 Å². The molecule has 1 heterocycles. The van der Waals surface area contributed by atoms with Gasteiger partial charge < -0.3 is 0 Å². The molecule has 3 rings (SSSR count). The third-order valence-corrected chi connectivity index (χ3v) is 6.45. The van der Waals surface area contributed by atoms with Crippen LogP contribution in [0.25, 0.3) is 0 Å². The maximum absolute atomic E-state index is 2.44. The highest BCUT2D eigenvalue weighted by Crippen LogP contribution is 2.53. The van der Waals surface area contributed by atoms with Gasteiger partial charge in [-0.15, -0.1) is 0 Å². The van der Waals surface area contributed by atoms with E-state index >= 15 is 0 Å². The summed E-state index contributed by atoms with van der Waals surface area (Å²) in [5, 5.41) is 0.894. The molecule has 1 aliphatic heterocycles. The zero-order chi connectivity index (χ0) is 13.5. The SMILES string of the molecule is CC(C)(C)C1c2ccccc2CSC2CCCCC21. The van der Waals surface area contributed by atoms with E-state index in [-0.39, 0.29) is 0 Å². The zero-order valence-corrected chi connectivity index (χ0v) is 13.3. The molecule has 1 aliphatic carbocycles. The summed E-state index contributed by atoms with van der Waals surface area (Å²) < 4.78 is 0. The Morgan fingerprint density at radius 2 is 1.79 bits per heavy atom. The lowest BCUT2D eigenvalue weighted by Crippen LogP contribution is -2.33. The number of thioether (sulfide) groups is 1. The van der Waals surface area contributed by atoms with Crippen LogP contribution in [0, 0.1) is 11.3 Å². The van der Waals surface area contributed by atoms with E-state index in [1.54, 1.807) is 11.1 Å². The van der Waals surface area contributed by atoms with Crippen LogP contribution in [-0.2, 0) is 5.75 Å². The molecule has 1 fully saturated rings. The van der Waals surface area contributed by atoms with Crippen LogP contribution >= 0.6 is 11.8 Å². The molecule has 2 aliphatic rings. The normalized spacial score (nSPS) is 31.2. The van der Waals surface area contributed by atoms with E-state index in [9.17, 15) is 0 Å². The Morgan fingerprint density at radius 3 is 2.58 bits per heavy atom. The summed E-state index contributed by atoms with van der Waals surface area (Å²) in [4.78, 5) is 0. The lowest BCUT2D eigenvalue weighted by atomic mass is 9.64. The van der Waals surface area contributed by atoms with E-state index in [1.807, 2.05) is 0 Å². The summed E-state index contributed by atoms with van der Waals surface area (Å²) >= 11 is 2.23. The molecule has 0 amide bonds. The molecule has 3 unspecified atom stereocenters. The van der Waals surface area contributed by atoms with Crippen LogP contribution in [0.5, 0.6) is 0 Å². The fourth-order valence-corrected chi connectivity index (χ4v) is 5.75. The first-order valence-electron chi connectivity index (χ1n) is 7.77. The quantitative estimate of drug-likeness (QED) is 0.591. The predicted molar refractivity (Wildman–Crippen MR) is 85.7 cm³/mol. The fraction of sp³-hybridized carbons (Fsp3) is 0.667. The highest BCUT2D eigenvalue weighted by Gasteiger charge is 2.41. The summed E-state index contributed by atoms with van der Waals surface area (Å²) in [6.07, 6.45) is 5.77. The Labute approximate surface area is 122 Å². The minimum atomic E-state index is 0.376. The van der Waals surface area contributed by atoms with Crippen LogP contribution in [0.4, 0.5) is 0 Å². The van der Waals surface area contributed by atoms with Crippen molar-refractivity contribution in [3.05, 3.63) is 35.4 Å². The van der Waals surface area contributed by atoms with Gasteiger partial charge in [0.1, 0.15) is 0 Å². The summed E-state index contributed by atoms with van der Waals surface area (Å²) in [5.41, 5.74) is 3.63. The first-order chi connectivity index (χ1) is 9.07. The highest BCUT2D eigenvalue weighted by atomic mass is 32.2. The summed E-state index contributed by atoms with van der Waals surface area (Å²) in [5.74, 6) is 2.86. The zero-order valence-electron chi connectivity index (χ0n) is 12.5. The van der Waals surface area contributed by atoms with Crippen molar-refractivity contribution in [1.29, 1.82) is 0 Å². The van der Waals surface area contributed by atoms with E-state index in [0.717, 1.165) is 17.1 Å². The van der Waals surface area contributed by atoms with Gasteiger partial charge in [0.2, 0.25) is 0 Å². The molecule has 19 heavy (non-hydrogen) atoms. The van der Waals surface area contributed by atoms with Crippen molar-refractivity contribution in [2.45, 2.75) is 63.4 Å². The molecule has 0 saturated heterocycles. The van der Waals surface area contributed by atoms with Crippen LogP contribution in [0.15, 0.2) is 24.3 Å². The monoisotopic (exact) mass is 274 g/mol. The van der Waals surface area contributed by atoms with Gasteiger partial charge in [-0.3, -0.25) is 0 Å². The molecular weight excluding hydrogens is 248 g/mol. The van der Waals surface area contributed by atoms with Gasteiger partial charge >= 0.3 is 0 Å². The Hall–Kier alpha value is -0.430. The van der Waals surface area contributed by atoms with E-state index in [0.29, 0.717) is 5.41 Å². The topological polar surface area (TPSA) is 0 Å². The van der Waals surface area contributed by atoms with Gasteiger partial charge in [-0.05, 0) is 41.2 Å². The van der Waals surface area contributed by atoms with E-state index < -0.39 is 0 Å². The maximum atomic E-state index is 2.44. The van der Waals surface area contributed by atoms with E-state index in [4.69, 9.17) is 0 Å². The minimum absolute atomic E-state index is 0.376. The standard InChI is InChI=1S/C18H26S/c1-18(2,3)17-14-9-5-4-8-13(14)12-19-16-11-7-6-10-15(16)17/h4-5,8-9,15-17H,6-7,10-12H2,1-3H3. The molecule has 1 saturated carbocycles. The predicted octanol–water partition coefficient (Wildman–Crippen LogP) is 5.62. The second kappa shape index (κ2) is 5.16. The van der Waals surface area contributed by atoms with Gasteiger partial charge in [0.25, 0.3) is 0 Å². The molecule has 0 aromatic heterocycles. The maximum Gasteiger partial charge on any atom is 0.0190 e. The van der Waals surface area contributed by atoms with Crippen molar-refractivity contribution in [2.24, 2.45) is 11.3 Å². The third kappa shape index (κ3) is 2.59. The molecule has 0 nitrogen and oxygen atoms in total. The summed E-state index contributed by atoms with van der Waals surface area (Å²) in [6.45, 7) is 7.32. The number of hydrogen-bond donors (Lipinski definition) is 0. The molecule has 0 N–H and O–H groups in total. The summed E-state index contributed by atoms with van der Waals surface area (Å²) in [7, 11) is 0. The highest BCUT2D eigenvalue weighted by molar-refractivity contribution is 7.99. The number of hydrogen-bond acceptors (Lipinski definition) is 1. The van der Waals surface area contributed by atoms with Crippen LogP contribution in [-0.4, -0.2) is 5.25 Å². The van der Waals surface area contributed by atoms with Crippen LogP contribution in [0.1, 0.15) is 63.5 Å². The molecule has 1 aromatic carbocycles. The number of rotatable bonds is 0.